The fourth-order valence-corrected chi connectivity index (χ4v) is 4.20. The first-order valence-corrected chi connectivity index (χ1v) is 13.9. The molecule has 0 bridgehead atoms. The first-order chi connectivity index (χ1) is 15.6. The molecule has 0 aromatic heterocycles. The minimum Gasteiger partial charge on any atom is -0.465 e. The molecule has 0 N–H and O–H groups in total. The van der Waals surface area contributed by atoms with Crippen LogP contribution in [0.3, 0.4) is 0 Å². The van der Waals surface area contributed by atoms with Gasteiger partial charge in [-0.05, 0) is 25.7 Å². The Hall–Kier alpha value is -1.06. The van der Waals surface area contributed by atoms with Gasteiger partial charge in [0.15, 0.2) is 5.41 Å². The van der Waals surface area contributed by atoms with Crippen molar-refractivity contribution in [2.45, 2.75) is 150 Å². The fourth-order valence-electron chi connectivity index (χ4n) is 4.20. The van der Waals surface area contributed by atoms with Crippen LogP contribution < -0.4 is 0 Å². The molecule has 0 atom stereocenters. The highest BCUT2D eigenvalue weighted by atomic mass is 16.6. The molecule has 0 fully saturated rings. The van der Waals surface area contributed by atoms with Crippen molar-refractivity contribution in [2.75, 3.05) is 13.2 Å². The van der Waals surface area contributed by atoms with E-state index in [9.17, 15) is 9.59 Å². The Bertz CT molecular complexity index is 443. The molecular weight excluding hydrogens is 400 g/mol. The second-order valence-corrected chi connectivity index (χ2v) is 9.36. The molecule has 0 saturated heterocycles. The van der Waals surface area contributed by atoms with Gasteiger partial charge in [-0.1, -0.05) is 124 Å². The number of hydrogen-bond donors (Lipinski definition) is 0. The van der Waals surface area contributed by atoms with Crippen LogP contribution in [-0.4, -0.2) is 25.2 Å². The third-order valence-corrected chi connectivity index (χ3v) is 6.66. The minimum absolute atomic E-state index is 0.354. The van der Waals surface area contributed by atoms with Gasteiger partial charge >= 0.3 is 11.9 Å². The van der Waals surface area contributed by atoms with Crippen LogP contribution in [-0.2, 0) is 19.1 Å². The number of hydrogen-bond acceptors (Lipinski definition) is 4. The zero-order chi connectivity index (χ0) is 23.9. The summed E-state index contributed by atoms with van der Waals surface area (Å²) in [4.78, 5) is 25.0. The molecule has 0 aromatic rings. The summed E-state index contributed by atoms with van der Waals surface area (Å²) < 4.78 is 10.7. The normalized spacial score (nSPS) is 11.5. The predicted octanol–water partition coefficient (Wildman–Crippen LogP) is 8.55. The van der Waals surface area contributed by atoms with Crippen molar-refractivity contribution in [3.05, 3.63) is 0 Å². The van der Waals surface area contributed by atoms with Crippen molar-refractivity contribution in [1.29, 1.82) is 0 Å². The Morgan fingerprint density at radius 3 is 1.16 bits per heavy atom. The molecule has 0 unspecified atom stereocenters. The molecule has 32 heavy (non-hydrogen) atoms. The van der Waals surface area contributed by atoms with Crippen LogP contribution in [0.4, 0.5) is 0 Å². The van der Waals surface area contributed by atoms with Gasteiger partial charge in [-0.3, -0.25) is 9.59 Å². The molecule has 190 valence electrons. The van der Waals surface area contributed by atoms with E-state index in [1.54, 1.807) is 0 Å². The van der Waals surface area contributed by atoms with Gasteiger partial charge in [-0.2, -0.15) is 0 Å². The lowest BCUT2D eigenvalue weighted by Gasteiger charge is -2.26. The van der Waals surface area contributed by atoms with Crippen LogP contribution in [0.5, 0.6) is 0 Å². The van der Waals surface area contributed by atoms with Gasteiger partial charge < -0.3 is 9.47 Å². The van der Waals surface area contributed by atoms with Gasteiger partial charge in [0.25, 0.3) is 0 Å². The van der Waals surface area contributed by atoms with E-state index in [1.165, 1.54) is 89.9 Å². The van der Waals surface area contributed by atoms with E-state index in [4.69, 9.17) is 9.47 Å². The number of ether oxygens (including phenoxy) is 2. The van der Waals surface area contributed by atoms with Crippen molar-refractivity contribution >= 4 is 11.9 Å². The number of carbonyl (C=O) groups is 2. The Morgan fingerprint density at radius 2 is 0.812 bits per heavy atom. The molecule has 0 aliphatic rings. The van der Waals surface area contributed by atoms with Gasteiger partial charge in [0.1, 0.15) is 0 Å². The lowest BCUT2D eigenvalue weighted by atomic mass is 9.82. The summed E-state index contributed by atoms with van der Waals surface area (Å²) in [5.41, 5.74) is -1.13. The van der Waals surface area contributed by atoms with Gasteiger partial charge in [0.2, 0.25) is 0 Å². The van der Waals surface area contributed by atoms with Gasteiger partial charge in [-0.25, -0.2) is 0 Å². The Kier molecular flexibility index (Phi) is 21.0. The van der Waals surface area contributed by atoms with E-state index in [2.05, 4.69) is 6.92 Å². The number of unbranched alkanes of at least 4 members (excludes halogenated alkanes) is 15. The van der Waals surface area contributed by atoms with E-state index < -0.39 is 17.4 Å². The minimum atomic E-state index is -1.13. The summed E-state index contributed by atoms with van der Waals surface area (Å²) in [6.07, 6.45) is 22.7. The SMILES string of the molecule is CCCCCCCCCCCCCCCCCCOC(=O)C(CC)(CC)C(=O)OCCC. The molecule has 4 nitrogen and oxygen atoms in total. The maximum atomic E-state index is 12.6. The maximum Gasteiger partial charge on any atom is 0.323 e. The van der Waals surface area contributed by atoms with E-state index in [1.807, 2.05) is 20.8 Å². The Labute approximate surface area is 199 Å². The second-order valence-electron chi connectivity index (χ2n) is 9.36. The number of esters is 2. The van der Waals surface area contributed by atoms with Gasteiger partial charge in [0, 0.05) is 0 Å². The summed E-state index contributed by atoms with van der Waals surface area (Å²) in [5.74, 6) is -0.842. The molecule has 0 saturated carbocycles. The average Bonchev–Trinajstić information content (AvgIpc) is 2.80. The Balaban J connectivity index is 3.64. The molecule has 0 heterocycles. The first kappa shape index (κ1) is 30.9. The third-order valence-electron chi connectivity index (χ3n) is 6.66. The van der Waals surface area contributed by atoms with Crippen LogP contribution in [0.1, 0.15) is 150 Å². The van der Waals surface area contributed by atoms with Crippen molar-refractivity contribution < 1.29 is 19.1 Å². The summed E-state index contributed by atoms with van der Waals surface area (Å²) in [5, 5.41) is 0. The molecule has 0 aliphatic heterocycles. The molecule has 0 spiro atoms. The van der Waals surface area contributed by atoms with Crippen molar-refractivity contribution in [3.8, 4) is 0 Å². The summed E-state index contributed by atoms with van der Waals surface area (Å²) >= 11 is 0. The van der Waals surface area contributed by atoms with Crippen molar-refractivity contribution in [1.82, 2.24) is 0 Å². The molecular formula is C28H54O4. The predicted molar refractivity (Wildman–Crippen MR) is 135 cm³/mol. The molecule has 0 radical (unpaired) electrons. The highest BCUT2D eigenvalue weighted by Gasteiger charge is 2.45. The molecule has 0 amide bonds. The highest BCUT2D eigenvalue weighted by Crippen LogP contribution is 2.30. The lowest BCUT2D eigenvalue weighted by molar-refractivity contribution is -0.173. The summed E-state index contributed by atoms with van der Waals surface area (Å²) in [6, 6.07) is 0. The first-order valence-electron chi connectivity index (χ1n) is 13.9. The van der Waals surface area contributed by atoms with E-state index >= 15 is 0 Å². The lowest BCUT2D eigenvalue weighted by Crippen LogP contribution is -2.41. The van der Waals surface area contributed by atoms with Crippen LogP contribution in [0.15, 0.2) is 0 Å². The van der Waals surface area contributed by atoms with Gasteiger partial charge in [0.05, 0.1) is 13.2 Å². The summed E-state index contributed by atoms with van der Waals surface area (Å²) in [7, 11) is 0. The topological polar surface area (TPSA) is 52.6 Å². The average molecular weight is 455 g/mol. The van der Waals surface area contributed by atoms with E-state index in [0.717, 1.165) is 19.3 Å². The monoisotopic (exact) mass is 454 g/mol. The third kappa shape index (κ3) is 14.2. The number of rotatable bonds is 23. The smallest absolute Gasteiger partial charge is 0.323 e. The zero-order valence-corrected chi connectivity index (χ0v) is 22.0. The van der Waals surface area contributed by atoms with Crippen LogP contribution in [0, 0.1) is 5.41 Å². The summed E-state index contributed by atoms with van der Waals surface area (Å²) in [6.45, 7) is 8.69. The largest absolute Gasteiger partial charge is 0.465 e. The molecule has 0 aliphatic carbocycles. The van der Waals surface area contributed by atoms with E-state index in [0.29, 0.717) is 26.1 Å². The molecule has 0 rings (SSSR count). The quantitative estimate of drug-likeness (QED) is 0.0881. The fraction of sp³-hybridized carbons (Fsp3) is 0.929. The second kappa shape index (κ2) is 21.8. The standard InChI is InChI=1S/C28H54O4/c1-5-9-10-11-12-13-14-15-16-17-18-19-20-21-22-23-25-32-27(30)28(7-3,8-4)26(29)31-24-6-2/h5-25H2,1-4H3. The van der Waals surface area contributed by atoms with Crippen LogP contribution >= 0.6 is 0 Å². The van der Waals surface area contributed by atoms with Crippen LogP contribution in [0.2, 0.25) is 0 Å². The van der Waals surface area contributed by atoms with Crippen LogP contribution in [0.25, 0.3) is 0 Å². The van der Waals surface area contributed by atoms with Crippen molar-refractivity contribution in [2.24, 2.45) is 5.41 Å². The Morgan fingerprint density at radius 1 is 0.469 bits per heavy atom. The maximum absolute atomic E-state index is 12.6. The van der Waals surface area contributed by atoms with Gasteiger partial charge in [-0.15, -0.1) is 0 Å². The zero-order valence-electron chi connectivity index (χ0n) is 22.0. The highest BCUT2D eigenvalue weighted by molar-refractivity contribution is 5.99. The number of carbonyl (C=O) groups excluding carboxylic acids is 2. The molecule has 0 aromatic carbocycles. The van der Waals surface area contributed by atoms with Crippen molar-refractivity contribution in [3.63, 3.8) is 0 Å². The molecule has 4 heteroatoms. The van der Waals surface area contributed by atoms with E-state index in [-0.39, 0.29) is 0 Å².